The lowest BCUT2D eigenvalue weighted by Gasteiger charge is -2.47. The summed E-state index contributed by atoms with van der Waals surface area (Å²) in [5.74, 6) is -1.28. The van der Waals surface area contributed by atoms with Crippen LogP contribution in [0.15, 0.2) is 42.7 Å². The van der Waals surface area contributed by atoms with Crippen molar-refractivity contribution in [2.75, 3.05) is 37.7 Å². The Labute approximate surface area is 250 Å². The monoisotopic (exact) mass is 585 g/mol. The molecule has 1 aromatic heterocycles. The number of halogens is 2. The van der Waals surface area contributed by atoms with Crippen molar-refractivity contribution in [2.24, 2.45) is 0 Å². The molecule has 4 saturated heterocycles. The molecule has 3 aromatic rings. The van der Waals surface area contributed by atoms with Gasteiger partial charge in [0.1, 0.15) is 18.2 Å². The Bertz CT molecular complexity index is 1630. The molecule has 1 aliphatic carbocycles. The predicted molar refractivity (Wildman–Crippen MR) is 161 cm³/mol. The summed E-state index contributed by atoms with van der Waals surface area (Å²) in [6.45, 7) is 6.89. The van der Waals surface area contributed by atoms with Crippen LogP contribution >= 0.6 is 0 Å². The van der Waals surface area contributed by atoms with E-state index < -0.39 is 11.7 Å². The number of carbonyl (C=O) groups is 1. The second-order valence-electron chi connectivity index (χ2n) is 13.0. The Kier molecular flexibility index (Phi) is 6.44. The summed E-state index contributed by atoms with van der Waals surface area (Å²) in [5.41, 5.74) is 4.71. The van der Waals surface area contributed by atoms with Gasteiger partial charge in [0.05, 0.1) is 23.1 Å². The van der Waals surface area contributed by atoms with Crippen molar-refractivity contribution < 1.29 is 18.3 Å². The first-order valence-corrected chi connectivity index (χ1v) is 15.8. The highest BCUT2D eigenvalue weighted by atomic mass is 19.1. The normalized spacial score (nSPS) is 24.0. The Morgan fingerprint density at radius 2 is 1.84 bits per heavy atom. The molecule has 1 unspecified atom stereocenters. The number of amides is 1. The van der Waals surface area contributed by atoms with Gasteiger partial charge in [0, 0.05) is 24.0 Å². The van der Waals surface area contributed by atoms with Gasteiger partial charge in [-0.15, -0.1) is 0 Å². The van der Waals surface area contributed by atoms with Crippen molar-refractivity contribution in [3.63, 3.8) is 0 Å². The second kappa shape index (κ2) is 10.3. The van der Waals surface area contributed by atoms with Crippen LogP contribution < -0.4 is 9.64 Å². The number of fused-ring (bicyclic) bond motifs is 4. The van der Waals surface area contributed by atoms with Gasteiger partial charge in [-0.3, -0.25) is 9.69 Å². The quantitative estimate of drug-likeness (QED) is 0.352. The number of hydrogen-bond donors (Lipinski definition) is 0. The molecule has 0 spiro atoms. The summed E-state index contributed by atoms with van der Waals surface area (Å²) in [5, 5.41) is 0.623. The van der Waals surface area contributed by atoms with Crippen molar-refractivity contribution >= 4 is 22.6 Å². The largest absolute Gasteiger partial charge is 0.461 e. The van der Waals surface area contributed by atoms with Crippen molar-refractivity contribution in [2.45, 2.75) is 75.4 Å². The maximum atomic E-state index is 16.0. The van der Waals surface area contributed by atoms with Crippen LogP contribution in [0.3, 0.4) is 0 Å². The third-order valence-corrected chi connectivity index (χ3v) is 10.8. The topological polar surface area (TPSA) is 61.8 Å². The van der Waals surface area contributed by atoms with Gasteiger partial charge in [0.25, 0.3) is 5.91 Å². The van der Waals surface area contributed by atoms with E-state index in [1.165, 1.54) is 24.0 Å². The molecular weight excluding hydrogens is 548 g/mol. The van der Waals surface area contributed by atoms with Gasteiger partial charge in [0.2, 0.25) is 0 Å². The van der Waals surface area contributed by atoms with Gasteiger partial charge in [-0.05, 0) is 99.7 Å². The highest BCUT2D eigenvalue weighted by Gasteiger charge is 2.50. The number of anilines is 1. The Morgan fingerprint density at radius 3 is 2.65 bits per heavy atom. The highest BCUT2D eigenvalue weighted by Crippen LogP contribution is 2.43. The van der Waals surface area contributed by atoms with Gasteiger partial charge in [-0.25, -0.2) is 8.78 Å². The molecule has 0 bridgehead atoms. The minimum absolute atomic E-state index is 0.0307. The van der Waals surface area contributed by atoms with Gasteiger partial charge >= 0.3 is 6.01 Å². The van der Waals surface area contributed by atoms with E-state index in [-0.39, 0.29) is 23.4 Å². The van der Waals surface area contributed by atoms with Crippen LogP contribution in [0.2, 0.25) is 0 Å². The number of hydrogen-bond acceptors (Lipinski definition) is 6. The molecule has 0 radical (unpaired) electrons. The molecule has 4 fully saturated rings. The molecule has 0 N–H and O–H groups in total. The fraction of sp³-hybridized carbons (Fsp3) is 0.500. The molecular formula is C34H37F2N5O2. The molecule has 5 aliphatic rings. The molecule has 9 heteroatoms. The van der Waals surface area contributed by atoms with E-state index in [0.29, 0.717) is 54.4 Å². The maximum absolute atomic E-state index is 16.0. The van der Waals surface area contributed by atoms with Crippen LogP contribution in [-0.2, 0) is 17.6 Å². The molecule has 4 aliphatic heterocycles. The van der Waals surface area contributed by atoms with E-state index in [4.69, 9.17) is 14.7 Å². The summed E-state index contributed by atoms with van der Waals surface area (Å²) >= 11 is 0. The standard InChI is InChI=1S/C34H37F2N5O2/c1-21(35)32(42)40-16-11-29-30(40)19-41(29)31-26-17-27(36)25(24-10-4-8-22-7-2-3-9-23(22)24)18-28(26)37-33(38-31)43-20-34-12-5-14-39(34)15-6-13-34/h4,8,10,17-18,29-30H,1-3,5-7,9,11-16,19-20H2/t29-,30?/m1/s1. The lowest BCUT2D eigenvalue weighted by atomic mass is 9.85. The fourth-order valence-corrected chi connectivity index (χ4v) is 8.57. The van der Waals surface area contributed by atoms with E-state index in [0.717, 1.165) is 57.2 Å². The molecule has 5 heterocycles. The van der Waals surface area contributed by atoms with Gasteiger partial charge in [0.15, 0.2) is 5.83 Å². The summed E-state index contributed by atoms with van der Waals surface area (Å²) in [6, 6.07) is 9.77. The van der Waals surface area contributed by atoms with E-state index >= 15 is 4.39 Å². The van der Waals surface area contributed by atoms with Crippen molar-refractivity contribution in [3.8, 4) is 17.1 Å². The number of ether oxygens (including phenoxy) is 1. The molecule has 0 saturated carbocycles. The molecule has 2 atom stereocenters. The Morgan fingerprint density at radius 1 is 1.02 bits per heavy atom. The highest BCUT2D eigenvalue weighted by molar-refractivity contribution is 5.95. The zero-order chi connectivity index (χ0) is 29.3. The average Bonchev–Trinajstić information content (AvgIpc) is 3.68. The summed E-state index contributed by atoms with van der Waals surface area (Å²) in [4.78, 5) is 28.4. The molecule has 2 aromatic carbocycles. The van der Waals surface area contributed by atoms with Gasteiger partial charge < -0.3 is 14.5 Å². The van der Waals surface area contributed by atoms with E-state index in [1.54, 1.807) is 11.0 Å². The number of benzene rings is 2. The molecule has 224 valence electrons. The first-order valence-electron chi connectivity index (χ1n) is 15.8. The van der Waals surface area contributed by atoms with E-state index in [2.05, 4.69) is 22.4 Å². The summed E-state index contributed by atoms with van der Waals surface area (Å²) in [7, 11) is 0. The molecule has 7 nitrogen and oxygen atoms in total. The number of carbonyl (C=O) groups excluding carboxylic acids is 1. The average molecular weight is 586 g/mol. The summed E-state index contributed by atoms with van der Waals surface area (Å²) < 4.78 is 36.2. The van der Waals surface area contributed by atoms with Crippen LogP contribution in [0.25, 0.3) is 22.0 Å². The zero-order valence-corrected chi connectivity index (χ0v) is 24.5. The number of rotatable bonds is 6. The van der Waals surface area contributed by atoms with Crippen LogP contribution in [0, 0.1) is 5.82 Å². The lowest BCUT2D eigenvalue weighted by molar-refractivity contribution is -0.130. The zero-order valence-electron chi connectivity index (χ0n) is 24.5. The first-order chi connectivity index (χ1) is 20.9. The van der Waals surface area contributed by atoms with E-state index in [9.17, 15) is 9.18 Å². The SMILES string of the molecule is C=C(F)C(=O)N1CC[C@@H]2C1CN2c1nc(OCC23CCCN2CCC3)nc2cc(-c3cccc4c3CCCC4)c(F)cc12. The Hall–Kier alpha value is -3.59. The van der Waals surface area contributed by atoms with E-state index in [1.807, 2.05) is 18.2 Å². The molecule has 8 rings (SSSR count). The number of aromatic nitrogens is 2. The minimum atomic E-state index is -0.938. The number of nitrogens with zero attached hydrogens (tertiary/aromatic N) is 5. The molecule has 1 amide bonds. The summed E-state index contributed by atoms with van der Waals surface area (Å²) in [6.07, 6.45) is 9.49. The van der Waals surface area contributed by atoms with Crippen LogP contribution in [0.4, 0.5) is 14.6 Å². The third kappa shape index (κ3) is 4.33. The smallest absolute Gasteiger partial charge is 0.319 e. The van der Waals surface area contributed by atoms with Crippen LogP contribution in [0.5, 0.6) is 6.01 Å². The van der Waals surface area contributed by atoms with Crippen molar-refractivity contribution in [1.29, 1.82) is 0 Å². The molecule has 43 heavy (non-hydrogen) atoms. The van der Waals surface area contributed by atoms with Gasteiger partial charge in [-0.1, -0.05) is 24.8 Å². The lowest BCUT2D eigenvalue weighted by Crippen LogP contribution is -2.63. The maximum Gasteiger partial charge on any atom is 0.319 e. The van der Waals surface area contributed by atoms with Crippen molar-refractivity contribution in [1.82, 2.24) is 19.8 Å². The predicted octanol–water partition coefficient (Wildman–Crippen LogP) is 5.59. The van der Waals surface area contributed by atoms with Crippen molar-refractivity contribution in [3.05, 3.63) is 59.7 Å². The second-order valence-corrected chi connectivity index (χ2v) is 13.0. The fourth-order valence-electron chi connectivity index (χ4n) is 8.57. The number of aryl methyl sites for hydroxylation is 1. The number of likely N-dealkylation sites (tertiary alicyclic amines) is 1. The third-order valence-electron chi connectivity index (χ3n) is 10.8. The minimum Gasteiger partial charge on any atom is -0.461 e. The Balaban J connectivity index is 1.19. The first kappa shape index (κ1) is 27.0. The van der Waals surface area contributed by atoms with Gasteiger partial charge in [-0.2, -0.15) is 9.97 Å². The van der Waals surface area contributed by atoms with Crippen LogP contribution in [0.1, 0.15) is 56.1 Å². The van der Waals surface area contributed by atoms with Crippen LogP contribution in [-0.4, -0.2) is 76.1 Å².